The molecule has 0 radical (unpaired) electrons. The van der Waals surface area contributed by atoms with Crippen molar-refractivity contribution in [2.45, 2.75) is 18.4 Å². The van der Waals surface area contributed by atoms with Crippen LogP contribution in [-0.2, 0) is 21.4 Å². The van der Waals surface area contributed by atoms with E-state index in [1.807, 2.05) is 0 Å². The van der Waals surface area contributed by atoms with E-state index < -0.39 is 15.9 Å². The predicted molar refractivity (Wildman–Crippen MR) is 92.7 cm³/mol. The molecule has 2 rings (SSSR count). The second-order valence-corrected chi connectivity index (χ2v) is 7.52. The molecule has 0 aliphatic heterocycles. The van der Waals surface area contributed by atoms with Crippen molar-refractivity contribution in [2.75, 3.05) is 20.6 Å². The number of sulfonamides is 1. The number of aryl methyl sites for hydroxylation is 1. The number of aromatic nitrogens is 1. The van der Waals surface area contributed by atoms with Crippen LogP contribution in [0.15, 0.2) is 39.8 Å². The topological polar surface area (TPSA) is 122 Å². The summed E-state index contributed by atoms with van der Waals surface area (Å²) in [5.41, 5.74) is 0.778. The first-order chi connectivity index (χ1) is 12.2. The molecule has 0 aliphatic carbocycles. The number of carbonyl (C=O) groups is 2. The van der Waals surface area contributed by atoms with Crippen molar-refractivity contribution in [1.29, 1.82) is 0 Å². The standard InChI is InChI=1S/C16H20N4O5S/c1-11-7-13(25-19-11)9-18-26(23,24)14-6-4-5-12(8-14)16(22)17-10-15(21)20(2)3/h4-8,18H,9-10H2,1-3H3,(H,17,22). The van der Waals surface area contributed by atoms with E-state index >= 15 is 0 Å². The van der Waals surface area contributed by atoms with Crippen LogP contribution >= 0.6 is 0 Å². The van der Waals surface area contributed by atoms with Gasteiger partial charge in [-0.2, -0.15) is 0 Å². The van der Waals surface area contributed by atoms with Crippen LogP contribution in [0.3, 0.4) is 0 Å². The van der Waals surface area contributed by atoms with E-state index in [1.54, 1.807) is 27.1 Å². The fraction of sp³-hybridized carbons (Fsp3) is 0.312. The van der Waals surface area contributed by atoms with Gasteiger partial charge in [0, 0.05) is 25.7 Å². The summed E-state index contributed by atoms with van der Waals surface area (Å²) < 4.78 is 32.1. The second kappa shape index (κ2) is 8.11. The third-order valence-electron chi connectivity index (χ3n) is 3.42. The summed E-state index contributed by atoms with van der Waals surface area (Å²) in [4.78, 5) is 24.9. The first-order valence-corrected chi connectivity index (χ1v) is 9.17. The molecule has 0 fully saturated rings. The minimum atomic E-state index is -3.84. The van der Waals surface area contributed by atoms with E-state index in [0.717, 1.165) is 0 Å². The Morgan fingerprint density at radius 3 is 2.58 bits per heavy atom. The van der Waals surface area contributed by atoms with Crippen molar-refractivity contribution in [1.82, 2.24) is 20.1 Å². The Morgan fingerprint density at radius 2 is 1.96 bits per heavy atom. The normalized spacial score (nSPS) is 11.2. The highest BCUT2D eigenvalue weighted by atomic mass is 32.2. The van der Waals surface area contributed by atoms with Crippen LogP contribution in [0.5, 0.6) is 0 Å². The molecular weight excluding hydrogens is 360 g/mol. The Hall–Kier alpha value is -2.72. The van der Waals surface area contributed by atoms with E-state index in [2.05, 4.69) is 15.2 Å². The number of rotatable bonds is 7. The number of hydrogen-bond donors (Lipinski definition) is 2. The Bertz CT molecular complexity index is 905. The molecule has 10 heteroatoms. The van der Waals surface area contributed by atoms with Gasteiger partial charge in [0.2, 0.25) is 15.9 Å². The SMILES string of the molecule is Cc1cc(CNS(=O)(=O)c2cccc(C(=O)NCC(=O)N(C)C)c2)on1. The number of nitrogens with one attached hydrogen (secondary N) is 2. The maximum Gasteiger partial charge on any atom is 0.251 e. The molecule has 140 valence electrons. The van der Waals surface area contributed by atoms with Gasteiger partial charge in [-0.25, -0.2) is 13.1 Å². The summed E-state index contributed by atoms with van der Waals surface area (Å²) in [6.45, 7) is 1.49. The highest BCUT2D eigenvalue weighted by molar-refractivity contribution is 7.89. The monoisotopic (exact) mass is 380 g/mol. The molecule has 0 unspecified atom stereocenters. The third kappa shape index (κ3) is 5.14. The van der Waals surface area contributed by atoms with Crippen LogP contribution in [0.1, 0.15) is 21.8 Å². The lowest BCUT2D eigenvalue weighted by molar-refractivity contribution is -0.127. The molecule has 0 saturated heterocycles. The summed E-state index contributed by atoms with van der Waals surface area (Å²) in [6, 6.07) is 7.15. The molecular formula is C16H20N4O5S. The second-order valence-electron chi connectivity index (χ2n) is 5.76. The fourth-order valence-electron chi connectivity index (χ4n) is 1.97. The zero-order valence-corrected chi connectivity index (χ0v) is 15.5. The lowest BCUT2D eigenvalue weighted by atomic mass is 10.2. The van der Waals surface area contributed by atoms with Gasteiger partial charge in [0.1, 0.15) is 0 Å². The highest BCUT2D eigenvalue weighted by Crippen LogP contribution is 2.12. The number of amides is 2. The first kappa shape index (κ1) is 19.6. The van der Waals surface area contributed by atoms with Gasteiger partial charge < -0.3 is 14.7 Å². The van der Waals surface area contributed by atoms with Crippen LogP contribution in [0, 0.1) is 6.92 Å². The van der Waals surface area contributed by atoms with Gasteiger partial charge in [-0.1, -0.05) is 11.2 Å². The molecule has 0 aliphatic rings. The number of carbonyl (C=O) groups excluding carboxylic acids is 2. The molecule has 2 N–H and O–H groups in total. The molecule has 0 atom stereocenters. The van der Waals surface area contributed by atoms with Crippen LogP contribution in [0.4, 0.5) is 0 Å². The smallest absolute Gasteiger partial charge is 0.251 e. The van der Waals surface area contributed by atoms with Crippen LogP contribution in [-0.4, -0.2) is 50.9 Å². The fourth-order valence-corrected chi connectivity index (χ4v) is 3.01. The Kier molecular flexibility index (Phi) is 6.11. The summed E-state index contributed by atoms with van der Waals surface area (Å²) in [6.07, 6.45) is 0. The summed E-state index contributed by atoms with van der Waals surface area (Å²) in [5, 5.41) is 6.13. The largest absolute Gasteiger partial charge is 0.360 e. The third-order valence-corrected chi connectivity index (χ3v) is 4.82. The summed E-state index contributed by atoms with van der Waals surface area (Å²) in [5.74, 6) is -0.434. The van der Waals surface area contributed by atoms with Crippen molar-refractivity contribution in [3.05, 3.63) is 47.3 Å². The maximum atomic E-state index is 12.4. The van der Waals surface area contributed by atoms with Gasteiger partial charge in [-0.05, 0) is 25.1 Å². The van der Waals surface area contributed by atoms with Gasteiger partial charge in [0.25, 0.3) is 5.91 Å². The van der Waals surface area contributed by atoms with E-state index in [9.17, 15) is 18.0 Å². The quantitative estimate of drug-likeness (QED) is 0.711. The highest BCUT2D eigenvalue weighted by Gasteiger charge is 2.17. The minimum absolute atomic E-state index is 0.0586. The first-order valence-electron chi connectivity index (χ1n) is 7.69. The number of likely N-dealkylation sites (N-methyl/N-ethyl adjacent to an activating group) is 1. The van der Waals surface area contributed by atoms with Crippen molar-refractivity contribution < 1.29 is 22.5 Å². The average Bonchev–Trinajstić information content (AvgIpc) is 3.03. The molecule has 0 bridgehead atoms. The van der Waals surface area contributed by atoms with E-state index in [1.165, 1.54) is 29.2 Å². The van der Waals surface area contributed by atoms with E-state index in [-0.39, 0.29) is 29.5 Å². The van der Waals surface area contributed by atoms with Gasteiger partial charge in [-0.15, -0.1) is 0 Å². The molecule has 2 amide bonds. The molecule has 26 heavy (non-hydrogen) atoms. The van der Waals surface area contributed by atoms with Crippen molar-refractivity contribution in [2.24, 2.45) is 0 Å². The van der Waals surface area contributed by atoms with E-state index in [0.29, 0.717) is 11.5 Å². The summed E-state index contributed by atoms with van der Waals surface area (Å²) in [7, 11) is -0.697. The van der Waals surface area contributed by atoms with Gasteiger partial charge in [-0.3, -0.25) is 9.59 Å². The average molecular weight is 380 g/mol. The molecule has 0 spiro atoms. The Balaban J connectivity index is 2.06. The maximum absolute atomic E-state index is 12.4. The van der Waals surface area contributed by atoms with Crippen molar-refractivity contribution in [3.8, 4) is 0 Å². The van der Waals surface area contributed by atoms with Gasteiger partial charge in [0.15, 0.2) is 5.76 Å². The van der Waals surface area contributed by atoms with Gasteiger partial charge >= 0.3 is 0 Å². The van der Waals surface area contributed by atoms with Crippen molar-refractivity contribution in [3.63, 3.8) is 0 Å². The van der Waals surface area contributed by atoms with E-state index in [4.69, 9.17) is 4.52 Å². The Morgan fingerprint density at radius 1 is 1.23 bits per heavy atom. The molecule has 2 aromatic rings. The number of nitrogens with zero attached hydrogens (tertiary/aromatic N) is 2. The number of benzene rings is 1. The lowest BCUT2D eigenvalue weighted by Crippen LogP contribution is -2.36. The van der Waals surface area contributed by atoms with Crippen LogP contribution in [0.25, 0.3) is 0 Å². The zero-order chi connectivity index (χ0) is 19.3. The molecule has 1 aromatic heterocycles. The minimum Gasteiger partial charge on any atom is -0.360 e. The Labute approximate surface area is 151 Å². The number of hydrogen-bond acceptors (Lipinski definition) is 6. The van der Waals surface area contributed by atoms with Crippen LogP contribution in [0.2, 0.25) is 0 Å². The predicted octanol–water partition coefficient (Wildman–Crippen LogP) is 0.280. The molecule has 9 nitrogen and oxygen atoms in total. The lowest BCUT2D eigenvalue weighted by Gasteiger charge is -2.11. The summed E-state index contributed by atoms with van der Waals surface area (Å²) >= 11 is 0. The molecule has 1 heterocycles. The molecule has 0 saturated carbocycles. The zero-order valence-electron chi connectivity index (χ0n) is 14.6. The van der Waals surface area contributed by atoms with Crippen molar-refractivity contribution >= 4 is 21.8 Å². The molecule has 1 aromatic carbocycles. The van der Waals surface area contributed by atoms with Gasteiger partial charge in [0.05, 0.1) is 23.7 Å². The van der Waals surface area contributed by atoms with Crippen LogP contribution < -0.4 is 10.0 Å².